The fourth-order valence-electron chi connectivity index (χ4n) is 1.52. The first-order valence-corrected chi connectivity index (χ1v) is 5.34. The lowest BCUT2D eigenvalue weighted by Crippen LogP contribution is -1.92. The minimum absolute atomic E-state index is 0.176. The van der Waals surface area contributed by atoms with E-state index in [4.69, 9.17) is 0 Å². The second-order valence-electron chi connectivity index (χ2n) is 3.89. The zero-order valence-electron chi connectivity index (χ0n) is 9.92. The summed E-state index contributed by atoms with van der Waals surface area (Å²) < 4.78 is 0. The lowest BCUT2D eigenvalue weighted by atomic mass is 9.98. The fourth-order valence-corrected chi connectivity index (χ4v) is 1.52. The van der Waals surface area contributed by atoms with Crippen LogP contribution in [0.15, 0.2) is 18.2 Å². The zero-order chi connectivity index (χ0) is 11.4. The molecule has 0 aliphatic carbocycles. The fraction of sp³-hybridized carbons (Fsp3) is 0.357. The van der Waals surface area contributed by atoms with Crippen LogP contribution in [-0.2, 0) is 4.79 Å². The number of hydrogen-bond donors (Lipinski definition) is 0. The molecule has 1 aromatic carbocycles. The molecule has 0 aliphatic rings. The lowest BCUT2D eigenvalue weighted by Gasteiger charge is -2.07. The Morgan fingerprint density at radius 2 is 1.80 bits per heavy atom. The molecule has 0 fully saturated rings. The first-order valence-electron chi connectivity index (χ1n) is 5.34. The largest absolute Gasteiger partial charge is 0.295 e. The molecule has 1 nitrogen and oxygen atoms in total. The highest BCUT2D eigenvalue weighted by atomic mass is 16.1. The van der Waals surface area contributed by atoms with Gasteiger partial charge in [0.05, 0.1) is 0 Å². The molecule has 0 saturated heterocycles. The summed E-state index contributed by atoms with van der Waals surface area (Å²) in [7, 11) is 0. The van der Waals surface area contributed by atoms with Gasteiger partial charge in [-0.05, 0) is 49.1 Å². The van der Waals surface area contributed by atoms with Gasteiger partial charge < -0.3 is 0 Å². The smallest absolute Gasteiger partial charge is 0.155 e. The van der Waals surface area contributed by atoms with Crippen LogP contribution in [0, 0.1) is 20.8 Å². The number of rotatable bonds is 3. The van der Waals surface area contributed by atoms with Crippen LogP contribution in [0.1, 0.15) is 35.6 Å². The van der Waals surface area contributed by atoms with Crippen molar-refractivity contribution in [1.82, 2.24) is 0 Å². The van der Waals surface area contributed by atoms with Gasteiger partial charge in [0.2, 0.25) is 0 Å². The zero-order valence-corrected chi connectivity index (χ0v) is 9.92. The summed E-state index contributed by atoms with van der Waals surface area (Å²) in [6.45, 7) is 8.14. The minimum atomic E-state index is 0.176. The van der Waals surface area contributed by atoms with Crippen molar-refractivity contribution in [2.24, 2.45) is 0 Å². The third kappa shape index (κ3) is 2.79. The van der Waals surface area contributed by atoms with Gasteiger partial charge in [-0.15, -0.1) is 0 Å². The third-order valence-corrected chi connectivity index (χ3v) is 2.79. The first-order chi connectivity index (χ1) is 7.06. The molecule has 80 valence electrons. The van der Waals surface area contributed by atoms with Crippen molar-refractivity contribution in [2.45, 2.75) is 34.1 Å². The van der Waals surface area contributed by atoms with E-state index in [2.05, 4.69) is 32.9 Å². The molecular weight excluding hydrogens is 184 g/mol. The van der Waals surface area contributed by atoms with E-state index in [1.165, 1.54) is 22.3 Å². The van der Waals surface area contributed by atoms with Gasteiger partial charge in [0.15, 0.2) is 5.78 Å². The Morgan fingerprint density at radius 1 is 1.20 bits per heavy atom. The molecule has 0 saturated carbocycles. The highest BCUT2D eigenvalue weighted by Crippen LogP contribution is 2.19. The van der Waals surface area contributed by atoms with E-state index in [0.29, 0.717) is 6.42 Å². The van der Waals surface area contributed by atoms with Gasteiger partial charge in [-0.2, -0.15) is 0 Å². The van der Waals surface area contributed by atoms with Crippen LogP contribution in [0.5, 0.6) is 0 Å². The molecule has 15 heavy (non-hydrogen) atoms. The summed E-state index contributed by atoms with van der Waals surface area (Å²) in [5.74, 6) is 0.176. The number of ketones is 1. The summed E-state index contributed by atoms with van der Waals surface area (Å²) in [5.41, 5.74) is 4.93. The maximum Gasteiger partial charge on any atom is 0.155 e. The van der Waals surface area contributed by atoms with Gasteiger partial charge in [-0.25, -0.2) is 0 Å². The Hall–Kier alpha value is -1.37. The summed E-state index contributed by atoms with van der Waals surface area (Å²) in [6, 6.07) is 4.21. The molecule has 0 N–H and O–H groups in total. The van der Waals surface area contributed by atoms with Crippen LogP contribution >= 0.6 is 0 Å². The van der Waals surface area contributed by atoms with Gasteiger partial charge in [-0.1, -0.05) is 25.1 Å². The molecule has 0 amide bonds. The standard InChI is InChI=1S/C14H18O/c1-5-13(15)8-9-14-11(3)7-6-10(2)12(14)4/h6-9H,5H2,1-4H3/b9-8+. The van der Waals surface area contributed by atoms with E-state index in [9.17, 15) is 4.79 Å². The maximum atomic E-state index is 11.2. The molecule has 0 aliphatic heterocycles. The third-order valence-electron chi connectivity index (χ3n) is 2.79. The average molecular weight is 202 g/mol. The summed E-state index contributed by atoms with van der Waals surface area (Å²) in [6.07, 6.45) is 4.18. The second kappa shape index (κ2) is 4.92. The SMILES string of the molecule is CCC(=O)/C=C/c1c(C)ccc(C)c1C. The molecule has 1 rings (SSSR count). The van der Waals surface area contributed by atoms with E-state index >= 15 is 0 Å². The second-order valence-corrected chi connectivity index (χ2v) is 3.89. The monoisotopic (exact) mass is 202 g/mol. The summed E-state index contributed by atoms with van der Waals surface area (Å²) >= 11 is 0. The molecule has 0 spiro atoms. The number of benzene rings is 1. The molecule has 0 unspecified atom stereocenters. The molecule has 0 heterocycles. The van der Waals surface area contributed by atoms with Crippen LogP contribution in [0.4, 0.5) is 0 Å². The Bertz CT molecular complexity index is 400. The lowest BCUT2D eigenvalue weighted by molar-refractivity contribution is -0.114. The number of carbonyl (C=O) groups is 1. The predicted octanol–water partition coefficient (Wildman–Crippen LogP) is 3.60. The van der Waals surface area contributed by atoms with Crippen LogP contribution in [0.3, 0.4) is 0 Å². The Balaban J connectivity index is 3.09. The van der Waals surface area contributed by atoms with Gasteiger partial charge >= 0.3 is 0 Å². The Morgan fingerprint density at radius 3 is 2.40 bits per heavy atom. The van der Waals surface area contributed by atoms with E-state index in [1.54, 1.807) is 6.08 Å². The normalized spacial score (nSPS) is 10.9. The van der Waals surface area contributed by atoms with Crippen molar-refractivity contribution in [2.75, 3.05) is 0 Å². The summed E-state index contributed by atoms with van der Waals surface area (Å²) in [5, 5.41) is 0. The van der Waals surface area contributed by atoms with Crippen molar-refractivity contribution < 1.29 is 4.79 Å². The van der Waals surface area contributed by atoms with E-state index in [1.807, 2.05) is 13.0 Å². The van der Waals surface area contributed by atoms with Gasteiger partial charge in [0.25, 0.3) is 0 Å². The van der Waals surface area contributed by atoms with Crippen molar-refractivity contribution in [3.05, 3.63) is 40.5 Å². The van der Waals surface area contributed by atoms with E-state index < -0.39 is 0 Å². The first kappa shape index (κ1) is 11.7. The van der Waals surface area contributed by atoms with Gasteiger partial charge in [0, 0.05) is 6.42 Å². The number of aryl methyl sites for hydroxylation is 2. The van der Waals surface area contributed by atoms with Crippen molar-refractivity contribution in [3.63, 3.8) is 0 Å². The molecule has 0 bridgehead atoms. The van der Waals surface area contributed by atoms with Gasteiger partial charge in [-0.3, -0.25) is 4.79 Å². The van der Waals surface area contributed by atoms with Gasteiger partial charge in [0.1, 0.15) is 0 Å². The van der Waals surface area contributed by atoms with Crippen molar-refractivity contribution >= 4 is 11.9 Å². The minimum Gasteiger partial charge on any atom is -0.295 e. The average Bonchev–Trinajstić information content (AvgIpc) is 2.23. The van der Waals surface area contributed by atoms with Crippen LogP contribution in [-0.4, -0.2) is 5.78 Å². The molecular formula is C14H18O. The topological polar surface area (TPSA) is 17.1 Å². The van der Waals surface area contributed by atoms with Crippen molar-refractivity contribution in [1.29, 1.82) is 0 Å². The molecule has 1 heteroatoms. The van der Waals surface area contributed by atoms with Crippen LogP contribution in [0.25, 0.3) is 6.08 Å². The Kier molecular flexibility index (Phi) is 3.84. The molecule has 0 aromatic heterocycles. The number of allylic oxidation sites excluding steroid dienone is 1. The van der Waals surface area contributed by atoms with Crippen molar-refractivity contribution in [3.8, 4) is 0 Å². The predicted molar refractivity (Wildman–Crippen MR) is 65.0 cm³/mol. The van der Waals surface area contributed by atoms with Crippen LogP contribution in [0.2, 0.25) is 0 Å². The maximum absolute atomic E-state index is 11.2. The summed E-state index contributed by atoms with van der Waals surface area (Å²) in [4.78, 5) is 11.2. The number of carbonyl (C=O) groups excluding carboxylic acids is 1. The highest BCUT2D eigenvalue weighted by Gasteiger charge is 2.01. The van der Waals surface area contributed by atoms with E-state index in [-0.39, 0.29) is 5.78 Å². The van der Waals surface area contributed by atoms with Crippen LogP contribution < -0.4 is 0 Å². The highest BCUT2D eigenvalue weighted by molar-refractivity contribution is 5.93. The number of hydrogen-bond acceptors (Lipinski definition) is 1. The molecule has 1 aromatic rings. The Labute approximate surface area is 91.8 Å². The molecule has 0 atom stereocenters. The quantitative estimate of drug-likeness (QED) is 0.684. The molecule has 0 radical (unpaired) electrons. The van der Waals surface area contributed by atoms with E-state index in [0.717, 1.165) is 0 Å².